The summed E-state index contributed by atoms with van der Waals surface area (Å²) in [4.78, 5) is 11.8. The summed E-state index contributed by atoms with van der Waals surface area (Å²) in [5.41, 5.74) is 8.10. The molecule has 1 aromatic carbocycles. The van der Waals surface area contributed by atoms with Crippen LogP contribution in [0.5, 0.6) is 0 Å². The summed E-state index contributed by atoms with van der Waals surface area (Å²) < 4.78 is 0. The summed E-state index contributed by atoms with van der Waals surface area (Å²) in [6, 6.07) is 7.67. The molecule has 0 aliphatic rings. The minimum absolute atomic E-state index is 0.00722. The van der Waals surface area contributed by atoms with E-state index < -0.39 is 6.04 Å². The van der Waals surface area contributed by atoms with Crippen molar-refractivity contribution in [3.8, 4) is 0 Å². The highest BCUT2D eigenvalue weighted by molar-refractivity contribution is 5.82. The van der Waals surface area contributed by atoms with Gasteiger partial charge in [-0.05, 0) is 25.3 Å². The highest BCUT2D eigenvalue weighted by atomic mass is 16.2. The van der Waals surface area contributed by atoms with Crippen molar-refractivity contribution in [2.24, 2.45) is 11.7 Å². The Morgan fingerprint density at radius 1 is 1.29 bits per heavy atom. The van der Waals surface area contributed by atoms with Crippen molar-refractivity contribution < 1.29 is 4.79 Å². The number of carbonyl (C=O) groups is 1. The van der Waals surface area contributed by atoms with Gasteiger partial charge in [-0.2, -0.15) is 0 Å². The van der Waals surface area contributed by atoms with Gasteiger partial charge in [0.2, 0.25) is 5.91 Å². The normalized spacial score (nSPS) is 14.5. The van der Waals surface area contributed by atoms with Crippen LogP contribution in [-0.2, 0) is 4.79 Å². The average Bonchev–Trinajstić information content (AvgIpc) is 2.27. The summed E-state index contributed by atoms with van der Waals surface area (Å²) in [5.74, 6) is 0.0636. The highest BCUT2D eigenvalue weighted by Crippen LogP contribution is 2.14. The molecule has 17 heavy (non-hydrogen) atoms. The molecule has 0 bridgehead atoms. The Hall–Kier alpha value is -1.35. The lowest BCUT2D eigenvalue weighted by atomic mass is 10.0. The van der Waals surface area contributed by atoms with E-state index in [0.717, 1.165) is 5.56 Å². The fraction of sp³-hybridized carbons (Fsp3) is 0.500. The van der Waals surface area contributed by atoms with E-state index >= 15 is 0 Å². The Balaban J connectivity index is 2.66. The Morgan fingerprint density at radius 3 is 2.47 bits per heavy atom. The average molecular weight is 234 g/mol. The SMILES string of the molecule is Cc1cccc([C@@H](C)NC(=O)[C@H](N)C(C)C)c1. The van der Waals surface area contributed by atoms with Crippen LogP contribution in [0, 0.1) is 12.8 Å². The number of hydrogen-bond acceptors (Lipinski definition) is 2. The Bertz CT molecular complexity index is 388. The summed E-state index contributed by atoms with van der Waals surface area (Å²) >= 11 is 0. The summed E-state index contributed by atoms with van der Waals surface area (Å²) in [6.07, 6.45) is 0. The van der Waals surface area contributed by atoms with E-state index in [1.165, 1.54) is 5.56 Å². The van der Waals surface area contributed by atoms with E-state index in [0.29, 0.717) is 0 Å². The number of hydrogen-bond donors (Lipinski definition) is 2. The molecule has 3 nitrogen and oxygen atoms in total. The molecule has 1 aromatic rings. The summed E-state index contributed by atoms with van der Waals surface area (Å²) in [6.45, 7) is 7.90. The first kappa shape index (κ1) is 13.7. The van der Waals surface area contributed by atoms with Crippen molar-refractivity contribution >= 4 is 5.91 Å². The molecule has 94 valence electrons. The Kier molecular flexibility index (Phi) is 4.70. The van der Waals surface area contributed by atoms with Gasteiger partial charge in [-0.3, -0.25) is 4.79 Å². The number of carbonyl (C=O) groups excluding carboxylic acids is 1. The van der Waals surface area contributed by atoms with Gasteiger partial charge in [0.25, 0.3) is 0 Å². The van der Waals surface area contributed by atoms with Crippen molar-refractivity contribution in [1.29, 1.82) is 0 Å². The third-order valence-corrected chi connectivity index (χ3v) is 2.92. The van der Waals surface area contributed by atoms with E-state index in [1.807, 2.05) is 45.9 Å². The topological polar surface area (TPSA) is 55.1 Å². The quantitative estimate of drug-likeness (QED) is 0.838. The summed E-state index contributed by atoms with van der Waals surface area (Å²) in [5, 5.41) is 2.94. The third-order valence-electron chi connectivity index (χ3n) is 2.92. The van der Waals surface area contributed by atoms with Crippen LogP contribution in [0.2, 0.25) is 0 Å². The van der Waals surface area contributed by atoms with E-state index in [1.54, 1.807) is 0 Å². The Morgan fingerprint density at radius 2 is 1.94 bits per heavy atom. The lowest BCUT2D eigenvalue weighted by molar-refractivity contribution is -0.123. The molecule has 0 radical (unpaired) electrons. The standard InChI is InChI=1S/C14H22N2O/c1-9(2)13(15)14(17)16-11(4)12-7-5-6-10(3)8-12/h5-9,11,13H,15H2,1-4H3,(H,16,17)/t11-,13-/m1/s1. The maximum absolute atomic E-state index is 11.8. The zero-order valence-corrected chi connectivity index (χ0v) is 11.0. The second-order valence-electron chi connectivity index (χ2n) is 4.91. The van der Waals surface area contributed by atoms with Gasteiger partial charge in [-0.25, -0.2) is 0 Å². The van der Waals surface area contributed by atoms with Crippen LogP contribution in [-0.4, -0.2) is 11.9 Å². The van der Waals surface area contributed by atoms with Crippen molar-refractivity contribution in [2.75, 3.05) is 0 Å². The highest BCUT2D eigenvalue weighted by Gasteiger charge is 2.19. The lowest BCUT2D eigenvalue weighted by Crippen LogP contribution is -2.44. The van der Waals surface area contributed by atoms with Crippen molar-refractivity contribution in [3.63, 3.8) is 0 Å². The van der Waals surface area contributed by atoms with Gasteiger partial charge in [0, 0.05) is 0 Å². The maximum atomic E-state index is 11.8. The predicted molar refractivity (Wildman–Crippen MR) is 70.6 cm³/mol. The number of aryl methyl sites for hydroxylation is 1. The fourth-order valence-electron chi connectivity index (χ4n) is 1.64. The van der Waals surface area contributed by atoms with Crippen LogP contribution >= 0.6 is 0 Å². The molecule has 0 spiro atoms. The molecule has 0 aliphatic carbocycles. The van der Waals surface area contributed by atoms with Gasteiger partial charge < -0.3 is 11.1 Å². The molecule has 0 aromatic heterocycles. The first-order valence-electron chi connectivity index (χ1n) is 6.04. The van der Waals surface area contributed by atoms with Gasteiger partial charge in [0.15, 0.2) is 0 Å². The molecule has 3 N–H and O–H groups in total. The van der Waals surface area contributed by atoms with Crippen molar-refractivity contribution in [2.45, 2.75) is 39.8 Å². The number of rotatable bonds is 4. The van der Waals surface area contributed by atoms with Crippen molar-refractivity contribution in [1.82, 2.24) is 5.32 Å². The van der Waals surface area contributed by atoms with E-state index in [9.17, 15) is 4.79 Å². The van der Waals surface area contributed by atoms with Crippen molar-refractivity contribution in [3.05, 3.63) is 35.4 Å². The molecule has 2 atom stereocenters. The molecule has 0 aliphatic heterocycles. The molecule has 0 saturated carbocycles. The molecular formula is C14H22N2O. The molecule has 1 rings (SSSR count). The summed E-state index contributed by atoms with van der Waals surface area (Å²) in [7, 11) is 0. The van der Waals surface area contributed by atoms with Crippen LogP contribution in [0.4, 0.5) is 0 Å². The van der Waals surface area contributed by atoms with Crippen LogP contribution in [0.1, 0.15) is 37.9 Å². The first-order valence-corrected chi connectivity index (χ1v) is 6.04. The molecule has 0 fully saturated rings. The number of amides is 1. The van der Waals surface area contributed by atoms with Gasteiger partial charge in [0.05, 0.1) is 12.1 Å². The minimum atomic E-state index is -0.442. The number of nitrogens with one attached hydrogen (secondary N) is 1. The zero-order valence-electron chi connectivity index (χ0n) is 11.0. The Labute approximate surface area is 103 Å². The molecule has 3 heteroatoms. The lowest BCUT2D eigenvalue weighted by Gasteiger charge is -2.20. The monoisotopic (exact) mass is 234 g/mol. The second-order valence-corrected chi connectivity index (χ2v) is 4.91. The first-order chi connectivity index (χ1) is 7.91. The minimum Gasteiger partial charge on any atom is -0.348 e. The largest absolute Gasteiger partial charge is 0.348 e. The molecule has 0 unspecified atom stereocenters. The van der Waals surface area contributed by atoms with Crippen LogP contribution in [0.15, 0.2) is 24.3 Å². The zero-order chi connectivity index (χ0) is 13.0. The van der Waals surface area contributed by atoms with Gasteiger partial charge >= 0.3 is 0 Å². The number of nitrogens with two attached hydrogens (primary N) is 1. The molecule has 0 saturated heterocycles. The maximum Gasteiger partial charge on any atom is 0.237 e. The van der Waals surface area contributed by atoms with Gasteiger partial charge in [-0.1, -0.05) is 43.7 Å². The molecule has 0 heterocycles. The van der Waals surface area contributed by atoms with E-state index in [4.69, 9.17) is 5.73 Å². The van der Waals surface area contributed by atoms with E-state index in [-0.39, 0.29) is 17.9 Å². The second kappa shape index (κ2) is 5.82. The third kappa shape index (κ3) is 3.86. The van der Waals surface area contributed by atoms with E-state index in [2.05, 4.69) is 11.4 Å². The fourth-order valence-corrected chi connectivity index (χ4v) is 1.64. The smallest absolute Gasteiger partial charge is 0.237 e. The number of benzene rings is 1. The predicted octanol–water partition coefficient (Wildman–Crippen LogP) is 2.16. The molecule has 1 amide bonds. The van der Waals surface area contributed by atoms with Crippen LogP contribution in [0.3, 0.4) is 0 Å². The van der Waals surface area contributed by atoms with Gasteiger partial charge in [0.1, 0.15) is 0 Å². The van der Waals surface area contributed by atoms with Crippen LogP contribution in [0.25, 0.3) is 0 Å². The van der Waals surface area contributed by atoms with Crippen LogP contribution < -0.4 is 11.1 Å². The van der Waals surface area contributed by atoms with Gasteiger partial charge in [-0.15, -0.1) is 0 Å². The molecular weight excluding hydrogens is 212 g/mol.